The van der Waals surface area contributed by atoms with Crippen molar-refractivity contribution in [2.24, 2.45) is 0 Å². The van der Waals surface area contributed by atoms with E-state index in [9.17, 15) is 13.2 Å². The van der Waals surface area contributed by atoms with Crippen molar-refractivity contribution in [3.8, 4) is 5.75 Å². The maximum absolute atomic E-state index is 12.2. The molecular formula is C17H27N3O4S. The van der Waals surface area contributed by atoms with Crippen LogP contribution in [0.4, 0.5) is 0 Å². The van der Waals surface area contributed by atoms with Gasteiger partial charge in [-0.3, -0.25) is 9.69 Å². The molecule has 0 unspecified atom stereocenters. The summed E-state index contributed by atoms with van der Waals surface area (Å²) >= 11 is 0. The van der Waals surface area contributed by atoms with Crippen LogP contribution in [0.1, 0.15) is 12.0 Å². The number of hydrogen-bond donors (Lipinski definition) is 0. The molecule has 1 aromatic rings. The molecule has 0 saturated carbocycles. The number of carbonyl (C=O) groups excluding carboxylic acids is 1. The lowest BCUT2D eigenvalue weighted by Crippen LogP contribution is -2.48. The van der Waals surface area contributed by atoms with E-state index in [1.807, 2.05) is 23.1 Å². The molecule has 0 N–H and O–H groups in total. The van der Waals surface area contributed by atoms with Crippen LogP contribution in [-0.4, -0.2) is 81.6 Å². The van der Waals surface area contributed by atoms with Gasteiger partial charge in [-0.1, -0.05) is 12.1 Å². The zero-order valence-electron chi connectivity index (χ0n) is 15.1. The van der Waals surface area contributed by atoms with Gasteiger partial charge in [-0.05, 0) is 17.7 Å². The second-order valence-corrected chi connectivity index (χ2v) is 8.43. The molecule has 0 spiro atoms. The first-order valence-electron chi connectivity index (χ1n) is 8.34. The van der Waals surface area contributed by atoms with Crippen LogP contribution in [0, 0.1) is 0 Å². The van der Waals surface area contributed by atoms with Crippen molar-refractivity contribution in [3.63, 3.8) is 0 Å². The number of rotatable bonds is 7. The molecule has 25 heavy (non-hydrogen) atoms. The molecule has 0 aromatic heterocycles. The Bertz CT molecular complexity index is 685. The van der Waals surface area contributed by atoms with Gasteiger partial charge in [0.2, 0.25) is 15.9 Å². The Morgan fingerprint density at radius 1 is 1.24 bits per heavy atom. The summed E-state index contributed by atoms with van der Waals surface area (Å²) in [5, 5.41) is 0. The van der Waals surface area contributed by atoms with Gasteiger partial charge in [0.25, 0.3) is 0 Å². The Morgan fingerprint density at radius 2 is 1.92 bits per heavy atom. The summed E-state index contributed by atoms with van der Waals surface area (Å²) in [6, 6.07) is 8.00. The Labute approximate surface area is 150 Å². The van der Waals surface area contributed by atoms with Gasteiger partial charge in [-0.2, -0.15) is 0 Å². The summed E-state index contributed by atoms with van der Waals surface area (Å²) in [4.78, 5) is 16.4. The molecule has 7 nitrogen and oxygen atoms in total. The Morgan fingerprint density at radius 3 is 2.52 bits per heavy atom. The Balaban J connectivity index is 1.78. The summed E-state index contributed by atoms with van der Waals surface area (Å²) in [5.74, 6) is 0.859. The number of benzene rings is 1. The molecule has 0 radical (unpaired) electrons. The topological polar surface area (TPSA) is 70.2 Å². The van der Waals surface area contributed by atoms with Gasteiger partial charge < -0.3 is 9.64 Å². The number of methoxy groups -OCH3 is 1. The second-order valence-electron chi connectivity index (χ2n) is 6.34. The van der Waals surface area contributed by atoms with Gasteiger partial charge in [0.15, 0.2) is 0 Å². The van der Waals surface area contributed by atoms with Crippen molar-refractivity contribution in [1.29, 1.82) is 0 Å². The molecule has 0 aliphatic carbocycles. The number of carbonyl (C=O) groups is 1. The normalized spacial score (nSPS) is 16.2. The molecule has 1 aromatic carbocycles. The fourth-order valence-corrected chi connectivity index (χ4v) is 3.18. The summed E-state index contributed by atoms with van der Waals surface area (Å²) in [6.07, 6.45) is 1.37. The first-order chi connectivity index (χ1) is 11.8. The number of sulfonamides is 1. The smallest absolute Gasteiger partial charge is 0.223 e. The average Bonchev–Trinajstić information content (AvgIpc) is 2.59. The highest BCUT2D eigenvalue weighted by Crippen LogP contribution is 2.15. The minimum absolute atomic E-state index is 0.0107. The van der Waals surface area contributed by atoms with Crippen molar-refractivity contribution in [3.05, 3.63) is 29.8 Å². The van der Waals surface area contributed by atoms with Gasteiger partial charge in [0, 0.05) is 52.7 Å². The van der Waals surface area contributed by atoms with Crippen LogP contribution < -0.4 is 4.74 Å². The number of hydrogen-bond acceptors (Lipinski definition) is 5. The van der Waals surface area contributed by atoms with Crippen LogP contribution in [0.5, 0.6) is 5.75 Å². The SMILES string of the molecule is COc1cccc(CN2CCN(C(=O)CCN(C)S(C)(=O)=O)CC2)c1. The molecule has 2 rings (SSSR count). The van der Waals surface area contributed by atoms with Gasteiger partial charge in [-0.25, -0.2) is 12.7 Å². The van der Waals surface area contributed by atoms with Crippen LogP contribution >= 0.6 is 0 Å². The van der Waals surface area contributed by atoms with E-state index in [1.54, 1.807) is 7.11 Å². The van der Waals surface area contributed by atoms with Crippen molar-refractivity contribution < 1.29 is 17.9 Å². The van der Waals surface area contributed by atoms with Gasteiger partial charge in [0.1, 0.15) is 5.75 Å². The molecule has 1 fully saturated rings. The lowest BCUT2D eigenvalue weighted by Gasteiger charge is -2.35. The quantitative estimate of drug-likeness (QED) is 0.705. The monoisotopic (exact) mass is 369 g/mol. The van der Waals surface area contributed by atoms with Crippen molar-refractivity contribution in [2.75, 3.05) is 53.1 Å². The molecule has 8 heteroatoms. The fraction of sp³-hybridized carbons (Fsp3) is 0.588. The third kappa shape index (κ3) is 5.98. The van der Waals surface area contributed by atoms with Crippen LogP contribution in [-0.2, 0) is 21.4 Å². The van der Waals surface area contributed by atoms with Crippen LogP contribution in [0.25, 0.3) is 0 Å². The summed E-state index contributed by atoms with van der Waals surface area (Å²) in [7, 11) is -0.0821. The second kappa shape index (κ2) is 8.64. The largest absolute Gasteiger partial charge is 0.497 e. The molecule has 1 saturated heterocycles. The molecule has 0 bridgehead atoms. The minimum atomic E-state index is -3.23. The zero-order valence-corrected chi connectivity index (χ0v) is 16.0. The molecule has 1 aliphatic rings. The molecular weight excluding hydrogens is 342 g/mol. The standard InChI is InChI=1S/C17H27N3O4S/c1-18(25(3,22)23)8-7-17(21)20-11-9-19(10-12-20)14-15-5-4-6-16(13-15)24-2/h4-6,13H,7-12,14H2,1-3H3. The van der Waals surface area contributed by atoms with E-state index in [-0.39, 0.29) is 18.9 Å². The number of nitrogens with zero attached hydrogens (tertiary/aromatic N) is 3. The zero-order chi connectivity index (χ0) is 18.4. The third-order valence-electron chi connectivity index (χ3n) is 4.47. The summed E-state index contributed by atoms with van der Waals surface area (Å²) in [6.45, 7) is 4.02. The average molecular weight is 369 g/mol. The van der Waals surface area contributed by atoms with Crippen LogP contribution in [0.3, 0.4) is 0 Å². The first-order valence-corrected chi connectivity index (χ1v) is 10.2. The van der Waals surface area contributed by atoms with Crippen LogP contribution in [0.15, 0.2) is 24.3 Å². The highest BCUT2D eigenvalue weighted by molar-refractivity contribution is 7.88. The van der Waals surface area contributed by atoms with E-state index in [4.69, 9.17) is 4.74 Å². The van der Waals surface area contributed by atoms with Crippen molar-refractivity contribution >= 4 is 15.9 Å². The molecule has 1 heterocycles. The van der Waals surface area contributed by atoms with E-state index < -0.39 is 10.0 Å². The Kier molecular flexibility index (Phi) is 6.80. The molecule has 0 atom stereocenters. The van der Waals surface area contributed by atoms with Crippen LogP contribution in [0.2, 0.25) is 0 Å². The fourth-order valence-electron chi connectivity index (χ4n) is 2.76. The third-order valence-corrected chi connectivity index (χ3v) is 5.79. The molecule has 1 aliphatic heterocycles. The number of amides is 1. The highest BCUT2D eigenvalue weighted by atomic mass is 32.2. The lowest BCUT2D eigenvalue weighted by molar-refractivity contribution is -0.133. The highest BCUT2D eigenvalue weighted by Gasteiger charge is 2.22. The van der Waals surface area contributed by atoms with E-state index in [0.717, 1.165) is 31.6 Å². The predicted molar refractivity (Wildman–Crippen MR) is 96.9 cm³/mol. The summed E-state index contributed by atoms with van der Waals surface area (Å²) in [5.41, 5.74) is 1.19. The maximum Gasteiger partial charge on any atom is 0.223 e. The first kappa shape index (κ1) is 19.7. The van der Waals surface area contributed by atoms with Crippen molar-refractivity contribution in [1.82, 2.24) is 14.1 Å². The van der Waals surface area contributed by atoms with Gasteiger partial charge in [-0.15, -0.1) is 0 Å². The van der Waals surface area contributed by atoms with E-state index in [0.29, 0.717) is 13.1 Å². The van der Waals surface area contributed by atoms with Crippen molar-refractivity contribution in [2.45, 2.75) is 13.0 Å². The Hall–Kier alpha value is -1.64. The molecule has 1 amide bonds. The van der Waals surface area contributed by atoms with Gasteiger partial charge >= 0.3 is 0 Å². The predicted octanol–water partition coefficient (Wildman–Crippen LogP) is 0.621. The molecule has 140 valence electrons. The van der Waals surface area contributed by atoms with Gasteiger partial charge in [0.05, 0.1) is 13.4 Å². The number of piperazine rings is 1. The lowest BCUT2D eigenvalue weighted by atomic mass is 10.2. The summed E-state index contributed by atoms with van der Waals surface area (Å²) < 4.78 is 29.2. The number of ether oxygens (including phenoxy) is 1. The van der Waals surface area contributed by atoms with E-state index in [2.05, 4.69) is 11.0 Å². The van der Waals surface area contributed by atoms with E-state index >= 15 is 0 Å². The minimum Gasteiger partial charge on any atom is -0.497 e. The van der Waals surface area contributed by atoms with E-state index in [1.165, 1.54) is 16.9 Å². The maximum atomic E-state index is 12.2.